The van der Waals surface area contributed by atoms with Crippen LogP contribution in [0.1, 0.15) is 35.0 Å². The molecule has 1 aromatic carbocycles. The Bertz CT molecular complexity index is 515. The van der Waals surface area contributed by atoms with Gasteiger partial charge < -0.3 is 4.42 Å². The summed E-state index contributed by atoms with van der Waals surface area (Å²) in [7, 11) is 0. The van der Waals surface area contributed by atoms with E-state index < -0.39 is 0 Å². The van der Waals surface area contributed by atoms with Crippen LogP contribution in [0.2, 0.25) is 0 Å². The van der Waals surface area contributed by atoms with E-state index in [1.54, 1.807) is 0 Å². The molecule has 4 nitrogen and oxygen atoms in total. The minimum absolute atomic E-state index is 0.0530. The van der Waals surface area contributed by atoms with Gasteiger partial charge in [0.15, 0.2) is 0 Å². The molecule has 0 unspecified atom stereocenters. The first kappa shape index (κ1) is 9.27. The van der Waals surface area contributed by atoms with Gasteiger partial charge in [-0.3, -0.25) is 4.79 Å². The molecule has 0 saturated heterocycles. The van der Waals surface area contributed by atoms with Crippen molar-refractivity contribution in [3.63, 3.8) is 0 Å². The molecule has 0 aliphatic heterocycles. The van der Waals surface area contributed by atoms with Crippen LogP contribution in [0, 0.1) is 0 Å². The average molecular weight is 214 g/mol. The van der Waals surface area contributed by atoms with Crippen molar-refractivity contribution in [2.45, 2.75) is 18.3 Å². The van der Waals surface area contributed by atoms with E-state index in [2.05, 4.69) is 22.3 Å². The Morgan fingerprint density at radius 2 is 1.94 bits per heavy atom. The minimum Gasteiger partial charge on any atom is -0.418 e. The number of aromatic nitrogens is 2. The lowest BCUT2D eigenvalue weighted by Gasteiger charge is -2.09. The van der Waals surface area contributed by atoms with Crippen LogP contribution < -0.4 is 0 Å². The van der Waals surface area contributed by atoms with Crippen LogP contribution in [0.5, 0.6) is 0 Å². The minimum atomic E-state index is -0.143. The third-order valence-electron chi connectivity index (χ3n) is 3.03. The predicted octanol–water partition coefficient (Wildman–Crippen LogP) is 1.96. The molecule has 0 spiro atoms. The zero-order valence-electron chi connectivity index (χ0n) is 8.59. The summed E-state index contributed by atoms with van der Waals surface area (Å²) in [5, 5.41) is 7.63. The zero-order chi connectivity index (χ0) is 11.0. The molecule has 16 heavy (non-hydrogen) atoms. The maximum absolute atomic E-state index is 10.5. The Labute approximate surface area is 92.3 Å². The fourth-order valence-electron chi connectivity index (χ4n) is 1.98. The summed E-state index contributed by atoms with van der Waals surface area (Å²) in [6.07, 6.45) is 2.58. The number of rotatable bonds is 3. The van der Waals surface area contributed by atoms with Gasteiger partial charge in [0.25, 0.3) is 5.89 Å². The molecule has 0 radical (unpaired) electrons. The number of carbonyl (C=O) groups excluding carboxylic acids is 1. The first-order valence-electron chi connectivity index (χ1n) is 5.20. The standard InChI is InChI=1S/C12H10N2O2/c15-8-10-13-14-11(16-10)12(6-7-12)9-4-2-1-3-5-9/h1-5,8H,6-7H2. The van der Waals surface area contributed by atoms with Crippen LogP contribution in [0.4, 0.5) is 0 Å². The van der Waals surface area contributed by atoms with Crippen LogP contribution in [-0.2, 0) is 5.41 Å². The Morgan fingerprint density at radius 3 is 2.50 bits per heavy atom. The van der Waals surface area contributed by atoms with Crippen molar-refractivity contribution in [2.24, 2.45) is 0 Å². The number of nitrogens with zero attached hydrogens (tertiary/aromatic N) is 2. The molecule has 4 heteroatoms. The predicted molar refractivity (Wildman–Crippen MR) is 56.1 cm³/mol. The Balaban J connectivity index is 2.03. The second kappa shape index (κ2) is 3.27. The molecule has 1 aromatic heterocycles. The van der Waals surface area contributed by atoms with Gasteiger partial charge in [-0.05, 0) is 18.4 Å². The maximum Gasteiger partial charge on any atom is 0.280 e. The van der Waals surface area contributed by atoms with Gasteiger partial charge in [-0.15, -0.1) is 10.2 Å². The first-order chi connectivity index (χ1) is 7.85. The largest absolute Gasteiger partial charge is 0.418 e. The van der Waals surface area contributed by atoms with Crippen molar-refractivity contribution < 1.29 is 9.21 Å². The molecule has 1 fully saturated rings. The van der Waals surface area contributed by atoms with Crippen LogP contribution in [0.25, 0.3) is 0 Å². The van der Waals surface area contributed by atoms with E-state index >= 15 is 0 Å². The van der Waals surface area contributed by atoms with Crippen molar-refractivity contribution in [2.75, 3.05) is 0 Å². The summed E-state index contributed by atoms with van der Waals surface area (Å²) in [5.41, 5.74) is 1.03. The molecule has 0 atom stereocenters. The van der Waals surface area contributed by atoms with Gasteiger partial charge in [-0.2, -0.15) is 0 Å². The zero-order valence-corrected chi connectivity index (χ0v) is 8.59. The smallest absolute Gasteiger partial charge is 0.280 e. The highest BCUT2D eigenvalue weighted by atomic mass is 16.4. The van der Waals surface area contributed by atoms with Crippen LogP contribution in [0.3, 0.4) is 0 Å². The fraction of sp³-hybridized carbons (Fsp3) is 0.250. The fourth-order valence-corrected chi connectivity index (χ4v) is 1.98. The molecule has 1 aliphatic rings. The van der Waals surface area contributed by atoms with Crippen molar-refractivity contribution in [1.29, 1.82) is 0 Å². The number of hydrogen-bond donors (Lipinski definition) is 0. The molecule has 1 aliphatic carbocycles. The highest BCUT2D eigenvalue weighted by molar-refractivity contribution is 5.67. The Kier molecular flexibility index (Phi) is 1.89. The lowest BCUT2D eigenvalue weighted by molar-refractivity contribution is 0.109. The number of hydrogen-bond acceptors (Lipinski definition) is 4. The van der Waals surface area contributed by atoms with Gasteiger partial charge in [0.2, 0.25) is 12.2 Å². The van der Waals surface area contributed by atoms with E-state index in [4.69, 9.17) is 4.42 Å². The molecule has 80 valence electrons. The van der Waals surface area contributed by atoms with Crippen molar-refractivity contribution in [3.8, 4) is 0 Å². The summed E-state index contributed by atoms with van der Waals surface area (Å²) in [4.78, 5) is 10.5. The van der Waals surface area contributed by atoms with E-state index in [9.17, 15) is 4.79 Å². The molecule has 0 N–H and O–H groups in total. The number of carbonyl (C=O) groups is 1. The number of aldehydes is 1. The third kappa shape index (κ3) is 1.26. The van der Waals surface area contributed by atoms with Gasteiger partial charge >= 0.3 is 0 Å². The molecular weight excluding hydrogens is 204 g/mol. The van der Waals surface area contributed by atoms with Crippen LogP contribution in [0.15, 0.2) is 34.7 Å². The normalized spacial score (nSPS) is 17.0. The molecule has 2 aromatic rings. The highest BCUT2D eigenvalue weighted by Crippen LogP contribution is 2.52. The monoisotopic (exact) mass is 214 g/mol. The summed E-state index contributed by atoms with van der Waals surface area (Å²) >= 11 is 0. The molecule has 1 saturated carbocycles. The van der Waals surface area contributed by atoms with Gasteiger partial charge in [0, 0.05) is 0 Å². The van der Waals surface area contributed by atoms with Gasteiger partial charge in [0.1, 0.15) is 0 Å². The Hall–Kier alpha value is -1.97. The van der Waals surface area contributed by atoms with E-state index in [1.165, 1.54) is 5.56 Å². The lowest BCUT2D eigenvalue weighted by atomic mass is 9.96. The summed E-state index contributed by atoms with van der Waals surface area (Å²) in [5.74, 6) is 0.609. The van der Waals surface area contributed by atoms with E-state index in [1.807, 2.05) is 18.2 Å². The van der Waals surface area contributed by atoms with Gasteiger partial charge in [0.05, 0.1) is 5.41 Å². The molecular formula is C12H10N2O2. The second-order valence-corrected chi connectivity index (χ2v) is 4.01. The SMILES string of the molecule is O=Cc1nnc(C2(c3ccccc3)CC2)o1. The third-order valence-corrected chi connectivity index (χ3v) is 3.03. The maximum atomic E-state index is 10.5. The second-order valence-electron chi connectivity index (χ2n) is 4.01. The molecule has 0 bridgehead atoms. The van der Waals surface area contributed by atoms with Crippen molar-refractivity contribution in [1.82, 2.24) is 10.2 Å². The summed E-state index contributed by atoms with van der Waals surface area (Å²) < 4.78 is 5.32. The summed E-state index contributed by atoms with van der Waals surface area (Å²) in [6, 6.07) is 10.1. The Morgan fingerprint density at radius 1 is 1.19 bits per heavy atom. The molecule has 3 rings (SSSR count). The number of benzene rings is 1. The molecule has 0 amide bonds. The van der Waals surface area contributed by atoms with Crippen LogP contribution in [-0.4, -0.2) is 16.5 Å². The van der Waals surface area contributed by atoms with Crippen molar-refractivity contribution >= 4 is 6.29 Å². The van der Waals surface area contributed by atoms with Gasteiger partial charge in [-0.25, -0.2) is 0 Å². The van der Waals surface area contributed by atoms with E-state index in [0.29, 0.717) is 12.2 Å². The van der Waals surface area contributed by atoms with Crippen LogP contribution >= 0.6 is 0 Å². The lowest BCUT2D eigenvalue weighted by Crippen LogP contribution is -2.08. The summed E-state index contributed by atoms with van der Waals surface area (Å²) in [6.45, 7) is 0. The van der Waals surface area contributed by atoms with Crippen molar-refractivity contribution in [3.05, 3.63) is 47.7 Å². The average Bonchev–Trinajstić information content (AvgIpc) is 3.02. The topological polar surface area (TPSA) is 56.0 Å². The quantitative estimate of drug-likeness (QED) is 0.733. The van der Waals surface area contributed by atoms with Gasteiger partial charge in [-0.1, -0.05) is 30.3 Å². The van der Waals surface area contributed by atoms with E-state index in [-0.39, 0.29) is 11.3 Å². The first-order valence-corrected chi connectivity index (χ1v) is 5.20. The van der Waals surface area contributed by atoms with E-state index in [0.717, 1.165) is 12.8 Å². The molecule has 1 heterocycles. The highest BCUT2D eigenvalue weighted by Gasteiger charge is 2.50.